The lowest BCUT2D eigenvalue weighted by molar-refractivity contribution is -0.155. The molecule has 0 aromatic heterocycles. The highest BCUT2D eigenvalue weighted by Gasteiger charge is 2.36. The van der Waals surface area contributed by atoms with Gasteiger partial charge in [-0.05, 0) is 42.7 Å². The number of carbonyl (C=O) groups is 2. The van der Waals surface area contributed by atoms with Crippen LogP contribution in [-0.4, -0.2) is 54.5 Å². The van der Waals surface area contributed by atoms with Crippen LogP contribution in [0.1, 0.15) is 25.0 Å². The van der Waals surface area contributed by atoms with Gasteiger partial charge in [0.1, 0.15) is 30.7 Å². The Morgan fingerprint density at radius 3 is 2.48 bits per heavy atom. The Kier molecular flexibility index (Phi) is 6.75. The summed E-state index contributed by atoms with van der Waals surface area (Å²) in [5, 5.41) is 0. The van der Waals surface area contributed by atoms with Crippen molar-refractivity contribution < 1.29 is 19.1 Å². The molecule has 2 amide bonds. The van der Waals surface area contributed by atoms with E-state index < -0.39 is 6.04 Å². The van der Waals surface area contributed by atoms with Crippen LogP contribution in [0.5, 0.6) is 11.5 Å². The number of ether oxygens (including phenoxy) is 2. The molecule has 154 valence electrons. The molecule has 0 bridgehead atoms. The van der Waals surface area contributed by atoms with E-state index in [4.69, 9.17) is 9.47 Å². The van der Waals surface area contributed by atoms with E-state index in [0.717, 1.165) is 29.0 Å². The minimum atomic E-state index is -0.500. The third kappa shape index (κ3) is 4.88. The third-order valence-corrected chi connectivity index (χ3v) is 5.26. The lowest BCUT2D eigenvalue weighted by Crippen LogP contribution is -2.59. The van der Waals surface area contributed by atoms with E-state index in [0.29, 0.717) is 19.7 Å². The Morgan fingerprint density at radius 2 is 1.79 bits per heavy atom. The number of aryl methyl sites for hydroxylation is 1. The van der Waals surface area contributed by atoms with Crippen LogP contribution in [0, 0.1) is 0 Å². The molecule has 0 radical (unpaired) electrons. The topological polar surface area (TPSA) is 59.1 Å². The summed E-state index contributed by atoms with van der Waals surface area (Å²) in [6, 6.07) is 14.9. The van der Waals surface area contributed by atoms with Crippen LogP contribution in [0.25, 0.3) is 0 Å². The highest BCUT2D eigenvalue weighted by Crippen LogP contribution is 2.20. The minimum Gasteiger partial charge on any atom is -0.497 e. The molecule has 6 nitrogen and oxygen atoms in total. The Hall–Kier alpha value is -3.02. The number of amides is 2. The monoisotopic (exact) mass is 396 g/mol. The van der Waals surface area contributed by atoms with Crippen molar-refractivity contribution in [3.63, 3.8) is 0 Å². The molecule has 0 saturated carbocycles. The molecule has 0 unspecified atom stereocenters. The first kappa shape index (κ1) is 20.7. The van der Waals surface area contributed by atoms with Crippen LogP contribution in [0.2, 0.25) is 0 Å². The fraction of sp³-hybridized carbons (Fsp3) is 0.391. The molecule has 1 atom stereocenters. The van der Waals surface area contributed by atoms with Gasteiger partial charge in [-0.1, -0.05) is 37.3 Å². The summed E-state index contributed by atoms with van der Waals surface area (Å²) in [4.78, 5) is 28.7. The molecule has 1 saturated heterocycles. The summed E-state index contributed by atoms with van der Waals surface area (Å²) >= 11 is 0. The minimum absolute atomic E-state index is 0.0469. The Balaban J connectivity index is 1.57. The van der Waals surface area contributed by atoms with Crippen molar-refractivity contribution in [1.29, 1.82) is 0 Å². The first-order valence-electron chi connectivity index (χ1n) is 9.95. The first-order valence-corrected chi connectivity index (χ1v) is 9.95. The van der Waals surface area contributed by atoms with Crippen LogP contribution in [-0.2, 0) is 22.6 Å². The second-order valence-corrected chi connectivity index (χ2v) is 7.12. The van der Waals surface area contributed by atoms with Gasteiger partial charge in [0.05, 0.1) is 13.7 Å². The summed E-state index contributed by atoms with van der Waals surface area (Å²) in [6.45, 7) is 5.10. The van der Waals surface area contributed by atoms with Gasteiger partial charge in [-0.2, -0.15) is 0 Å². The summed E-state index contributed by atoms with van der Waals surface area (Å²) in [7, 11) is 1.61. The number of hydrogen-bond donors (Lipinski definition) is 0. The maximum absolute atomic E-state index is 12.8. The molecule has 1 aliphatic rings. The normalized spacial score (nSPS) is 16.9. The largest absolute Gasteiger partial charge is 0.497 e. The van der Waals surface area contributed by atoms with Crippen molar-refractivity contribution in [2.24, 2.45) is 0 Å². The number of carbonyl (C=O) groups excluding carboxylic acids is 2. The molecule has 0 spiro atoms. The predicted octanol–water partition coefficient (Wildman–Crippen LogP) is 2.90. The molecule has 29 heavy (non-hydrogen) atoms. The smallest absolute Gasteiger partial charge is 0.245 e. The van der Waals surface area contributed by atoms with Gasteiger partial charge in [0, 0.05) is 6.54 Å². The van der Waals surface area contributed by atoms with E-state index in [2.05, 4.69) is 6.92 Å². The van der Waals surface area contributed by atoms with Crippen molar-refractivity contribution in [2.75, 3.05) is 26.8 Å². The maximum atomic E-state index is 12.8. The van der Waals surface area contributed by atoms with Crippen LogP contribution in [0.3, 0.4) is 0 Å². The van der Waals surface area contributed by atoms with Crippen LogP contribution in [0.4, 0.5) is 0 Å². The molecule has 6 heteroatoms. The van der Waals surface area contributed by atoms with Gasteiger partial charge in [-0.25, -0.2) is 0 Å². The molecule has 1 aliphatic heterocycles. The predicted molar refractivity (Wildman–Crippen MR) is 111 cm³/mol. The molecule has 1 fully saturated rings. The Morgan fingerprint density at radius 1 is 1.07 bits per heavy atom. The molecular formula is C23H28N2O4. The zero-order valence-corrected chi connectivity index (χ0v) is 17.3. The highest BCUT2D eigenvalue weighted by atomic mass is 16.5. The van der Waals surface area contributed by atoms with Crippen molar-refractivity contribution >= 4 is 11.8 Å². The van der Waals surface area contributed by atoms with Gasteiger partial charge >= 0.3 is 0 Å². The van der Waals surface area contributed by atoms with Gasteiger partial charge in [0.15, 0.2) is 0 Å². The van der Waals surface area contributed by atoms with E-state index in [1.54, 1.807) is 23.8 Å². The quantitative estimate of drug-likeness (QED) is 0.688. The lowest BCUT2D eigenvalue weighted by Gasteiger charge is -2.38. The van der Waals surface area contributed by atoms with Gasteiger partial charge in [0.25, 0.3) is 0 Å². The fourth-order valence-corrected chi connectivity index (χ4v) is 3.54. The number of methoxy groups -OCH3 is 1. The molecular weight excluding hydrogens is 368 g/mol. The number of nitrogens with zero attached hydrogens (tertiary/aromatic N) is 2. The van der Waals surface area contributed by atoms with E-state index in [-0.39, 0.29) is 18.4 Å². The number of benzene rings is 2. The van der Waals surface area contributed by atoms with Gasteiger partial charge in [0.2, 0.25) is 11.8 Å². The maximum Gasteiger partial charge on any atom is 0.245 e. The zero-order chi connectivity index (χ0) is 20.8. The highest BCUT2D eigenvalue weighted by molar-refractivity contribution is 5.94. The lowest BCUT2D eigenvalue weighted by atomic mass is 10.1. The molecule has 2 aromatic carbocycles. The summed E-state index contributed by atoms with van der Waals surface area (Å²) in [5.41, 5.74) is 2.10. The first-order chi connectivity index (χ1) is 14.0. The standard InChI is InChI=1S/C23H28N2O4/c1-4-19-7-5-6-8-21(19)29-14-13-25-17(2)23(27)24(16-22(25)26)15-18-9-11-20(28-3)12-10-18/h5-12,17H,4,13-16H2,1-3H3/t17-/m0/s1. The second-order valence-electron chi connectivity index (χ2n) is 7.12. The number of rotatable bonds is 8. The summed E-state index contributed by atoms with van der Waals surface area (Å²) in [5.74, 6) is 1.49. The van der Waals surface area contributed by atoms with Crippen LogP contribution in [0.15, 0.2) is 48.5 Å². The van der Waals surface area contributed by atoms with Gasteiger partial charge in [-0.3, -0.25) is 9.59 Å². The molecule has 0 aliphatic carbocycles. The molecule has 2 aromatic rings. The average Bonchev–Trinajstić information content (AvgIpc) is 2.75. The average molecular weight is 396 g/mol. The van der Waals surface area contributed by atoms with Crippen molar-refractivity contribution in [2.45, 2.75) is 32.9 Å². The second kappa shape index (κ2) is 9.45. The van der Waals surface area contributed by atoms with Crippen molar-refractivity contribution in [1.82, 2.24) is 9.80 Å². The van der Waals surface area contributed by atoms with Crippen LogP contribution >= 0.6 is 0 Å². The van der Waals surface area contributed by atoms with E-state index in [1.165, 1.54) is 0 Å². The Bertz CT molecular complexity index is 850. The summed E-state index contributed by atoms with van der Waals surface area (Å²) < 4.78 is 11.0. The van der Waals surface area contributed by atoms with Gasteiger partial charge < -0.3 is 19.3 Å². The Labute approximate surface area is 172 Å². The van der Waals surface area contributed by atoms with E-state index in [9.17, 15) is 9.59 Å². The molecule has 0 N–H and O–H groups in total. The zero-order valence-electron chi connectivity index (χ0n) is 17.3. The molecule has 3 rings (SSSR count). The van der Waals surface area contributed by atoms with Crippen molar-refractivity contribution in [3.8, 4) is 11.5 Å². The number of hydrogen-bond acceptors (Lipinski definition) is 4. The summed E-state index contributed by atoms with van der Waals surface area (Å²) in [6.07, 6.45) is 0.883. The molecule has 1 heterocycles. The van der Waals surface area contributed by atoms with Gasteiger partial charge in [-0.15, -0.1) is 0 Å². The third-order valence-electron chi connectivity index (χ3n) is 5.26. The number of piperazine rings is 1. The van der Waals surface area contributed by atoms with Crippen molar-refractivity contribution in [3.05, 3.63) is 59.7 Å². The fourth-order valence-electron chi connectivity index (χ4n) is 3.54. The SMILES string of the molecule is CCc1ccccc1OCCN1C(=O)CN(Cc2ccc(OC)cc2)C(=O)[C@@H]1C. The van der Waals surface area contributed by atoms with Crippen LogP contribution < -0.4 is 9.47 Å². The number of para-hydroxylation sites is 1. The van der Waals surface area contributed by atoms with E-state index in [1.807, 2.05) is 48.5 Å². The van der Waals surface area contributed by atoms with E-state index >= 15 is 0 Å².